The van der Waals surface area contributed by atoms with Gasteiger partial charge in [0.15, 0.2) is 0 Å². The summed E-state index contributed by atoms with van der Waals surface area (Å²) in [4.78, 5) is 50.7. The predicted octanol–water partition coefficient (Wildman–Crippen LogP) is 1.76. The second-order valence-corrected chi connectivity index (χ2v) is 12.0. The minimum Gasteiger partial charge on any atom is -0.372 e. The summed E-state index contributed by atoms with van der Waals surface area (Å²) in [5.41, 5.74) is 19.0. The van der Waals surface area contributed by atoms with Crippen LogP contribution in [0.25, 0.3) is 0 Å². The minimum atomic E-state index is -0.623. The van der Waals surface area contributed by atoms with E-state index in [1.165, 1.54) is 5.56 Å². The molecule has 1 aromatic rings. The highest BCUT2D eigenvalue weighted by atomic mass is 16.5. The van der Waals surface area contributed by atoms with Gasteiger partial charge in [0.25, 0.3) is 0 Å². The summed E-state index contributed by atoms with van der Waals surface area (Å²) >= 11 is 0. The molecule has 0 radical (unpaired) electrons. The van der Waals surface area contributed by atoms with Gasteiger partial charge in [0.2, 0.25) is 23.6 Å². The van der Waals surface area contributed by atoms with Gasteiger partial charge in [0.05, 0.1) is 24.8 Å². The van der Waals surface area contributed by atoms with Crippen molar-refractivity contribution in [1.29, 1.82) is 0 Å². The Bertz CT molecular complexity index is 1030. The highest BCUT2D eigenvalue weighted by Crippen LogP contribution is 2.49. The van der Waals surface area contributed by atoms with Gasteiger partial charge in [0, 0.05) is 19.4 Å². The van der Waals surface area contributed by atoms with Crippen LogP contribution in [0.2, 0.25) is 0 Å². The maximum Gasteiger partial charge on any atom is 0.243 e. The number of amides is 4. The summed E-state index contributed by atoms with van der Waals surface area (Å²) in [5, 5.41) is 3.08. The van der Waals surface area contributed by atoms with Crippen LogP contribution in [-0.4, -0.2) is 59.3 Å². The molecule has 4 amide bonds. The first-order chi connectivity index (χ1) is 19.0. The third-order valence-corrected chi connectivity index (χ3v) is 8.01. The van der Waals surface area contributed by atoms with Crippen molar-refractivity contribution in [2.45, 2.75) is 103 Å². The molecular weight excluding hydrogens is 510 g/mol. The molecule has 1 aromatic carbocycles. The van der Waals surface area contributed by atoms with Gasteiger partial charge in [0.1, 0.15) is 6.04 Å². The Kier molecular flexibility index (Phi) is 11.5. The zero-order valence-corrected chi connectivity index (χ0v) is 24.1. The molecule has 10 heteroatoms. The van der Waals surface area contributed by atoms with E-state index in [9.17, 15) is 19.2 Å². The van der Waals surface area contributed by atoms with Crippen molar-refractivity contribution < 1.29 is 23.9 Å². The number of nitrogens with two attached hydrogens (primary N) is 3. The van der Waals surface area contributed by atoms with Gasteiger partial charge >= 0.3 is 0 Å². The molecule has 1 heterocycles. The number of hydrogen-bond acceptors (Lipinski definition) is 6. The normalized spacial score (nSPS) is 21.9. The lowest BCUT2D eigenvalue weighted by Crippen LogP contribution is -2.56. The fourth-order valence-electron chi connectivity index (χ4n) is 5.61. The van der Waals surface area contributed by atoms with Crippen LogP contribution in [0, 0.1) is 17.8 Å². The fraction of sp³-hybridized carbons (Fsp3) is 0.667. The number of carbonyl (C=O) groups excluding carboxylic acids is 4. The monoisotopic (exact) mass is 557 g/mol. The van der Waals surface area contributed by atoms with Crippen molar-refractivity contribution in [1.82, 2.24) is 10.2 Å². The van der Waals surface area contributed by atoms with Crippen LogP contribution in [0.5, 0.6) is 0 Å². The van der Waals surface area contributed by atoms with Gasteiger partial charge in [-0.2, -0.15) is 0 Å². The number of carbonyl (C=O) groups is 4. The third kappa shape index (κ3) is 9.30. The molecule has 40 heavy (non-hydrogen) atoms. The second-order valence-electron chi connectivity index (χ2n) is 12.0. The summed E-state index contributed by atoms with van der Waals surface area (Å²) < 4.78 is 6.13. The lowest BCUT2D eigenvalue weighted by atomic mass is 10.0. The van der Waals surface area contributed by atoms with Crippen LogP contribution < -0.4 is 22.5 Å². The summed E-state index contributed by atoms with van der Waals surface area (Å²) in [6, 6.07) is 6.48. The zero-order chi connectivity index (χ0) is 29.4. The van der Waals surface area contributed by atoms with Crippen molar-refractivity contribution in [2.24, 2.45) is 35.0 Å². The van der Waals surface area contributed by atoms with Gasteiger partial charge in [-0.3, -0.25) is 19.2 Å². The SMILES string of the molecule is CC(C)C[C@H](N)C(=O)N1C[C@H]2C[C@H]2[C@H]1C(=O)N[C@@H](CCC(N)=O)[C@@H](C)OCc1ccc(CCCCC(N)=O)cc1. The van der Waals surface area contributed by atoms with Crippen LogP contribution in [-0.2, 0) is 36.9 Å². The number of primary amides is 2. The fourth-order valence-corrected chi connectivity index (χ4v) is 5.61. The van der Waals surface area contributed by atoms with Crippen LogP contribution >= 0.6 is 0 Å². The van der Waals surface area contributed by atoms with E-state index in [0.29, 0.717) is 38.3 Å². The molecule has 0 unspecified atom stereocenters. The van der Waals surface area contributed by atoms with Gasteiger partial charge in [-0.25, -0.2) is 0 Å². The number of rotatable bonds is 17. The topological polar surface area (TPSA) is 171 Å². The molecule has 6 atom stereocenters. The summed E-state index contributed by atoms with van der Waals surface area (Å²) in [7, 11) is 0. The molecule has 10 nitrogen and oxygen atoms in total. The van der Waals surface area contributed by atoms with Crippen molar-refractivity contribution in [3.8, 4) is 0 Å². The number of piperidine rings is 1. The number of likely N-dealkylation sites (tertiary alicyclic amines) is 1. The number of aryl methyl sites for hydroxylation is 1. The molecule has 7 N–H and O–H groups in total. The van der Waals surface area contributed by atoms with Crippen LogP contribution in [0.3, 0.4) is 0 Å². The summed E-state index contributed by atoms with van der Waals surface area (Å²) in [6.45, 7) is 6.82. The molecule has 1 saturated heterocycles. The molecule has 0 aromatic heterocycles. The molecule has 1 aliphatic carbocycles. The summed E-state index contributed by atoms with van der Waals surface area (Å²) in [5.74, 6) is -0.339. The maximum absolute atomic E-state index is 13.5. The van der Waals surface area contributed by atoms with E-state index in [1.54, 1.807) is 4.90 Å². The lowest BCUT2D eigenvalue weighted by Gasteiger charge is -2.32. The molecule has 1 aliphatic heterocycles. The Morgan fingerprint density at radius 3 is 2.27 bits per heavy atom. The van der Waals surface area contributed by atoms with Crippen molar-refractivity contribution in [2.75, 3.05) is 6.54 Å². The Morgan fingerprint density at radius 1 is 1.00 bits per heavy atom. The lowest BCUT2D eigenvalue weighted by molar-refractivity contribution is -0.141. The number of nitrogens with zero attached hydrogens (tertiary/aromatic N) is 1. The molecule has 3 rings (SSSR count). The Labute approximate surface area is 237 Å². The predicted molar refractivity (Wildman–Crippen MR) is 152 cm³/mol. The first-order valence-corrected chi connectivity index (χ1v) is 14.6. The van der Waals surface area contributed by atoms with Crippen LogP contribution in [0.1, 0.15) is 76.8 Å². The van der Waals surface area contributed by atoms with E-state index in [2.05, 4.69) is 5.32 Å². The van der Waals surface area contributed by atoms with Crippen molar-refractivity contribution in [3.05, 3.63) is 35.4 Å². The van der Waals surface area contributed by atoms with E-state index >= 15 is 0 Å². The van der Waals surface area contributed by atoms with E-state index in [1.807, 2.05) is 45.0 Å². The van der Waals surface area contributed by atoms with Gasteiger partial charge in [-0.05, 0) is 74.3 Å². The van der Waals surface area contributed by atoms with Crippen molar-refractivity contribution >= 4 is 23.6 Å². The third-order valence-electron chi connectivity index (χ3n) is 8.01. The first kappa shape index (κ1) is 31.5. The molecule has 1 saturated carbocycles. The zero-order valence-electron chi connectivity index (χ0n) is 24.1. The highest BCUT2D eigenvalue weighted by Gasteiger charge is 2.57. The van der Waals surface area contributed by atoms with Crippen LogP contribution in [0.15, 0.2) is 24.3 Å². The Balaban J connectivity index is 1.57. The maximum atomic E-state index is 13.5. The number of hydrogen-bond donors (Lipinski definition) is 4. The number of unbranched alkanes of at least 4 members (excludes halogenated alkanes) is 1. The number of nitrogens with one attached hydrogen (secondary N) is 1. The molecule has 2 aliphatic rings. The number of ether oxygens (including phenoxy) is 1. The molecule has 0 spiro atoms. The largest absolute Gasteiger partial charge is 0.372 e. The Hall–Kier alpha value is -2.98. The minimum absolute atomic E-state index is 0.113. The summed E-state index contributed by atoms with van der Waals surface area (Å²) in [6.07, 6.45) is 4.51. The molecule has 0 bridgehead atoms. The average molecular weight is 558 g/mol. The van der Waals surface area contributed by atoms with Gasteiger partial charge < -0.3 is 32.2 Å². The standard InChI is InChI=1S/C30H47N5O5/c1-18(2)14-24(31)30(39)35-16-22-15-23(22)28(35)29(38)34-25(12-13-27(33)37)19(3)40-17-21-10-8-20(9-11-21)6-4-5-7-26(32)36/h8-11,18-19,22-25,28H,4-7,12-17,31H2,1-3H3,(H2,32,36)(H2,33,37)(H,34,38)/t19-,22-,23-,24+,25+,28+/m1/s1. The van der Waals surface area contributed by atoms with E-state index in [-0.39, 0.29) is 42.1 Å². The van der Waals surface area contributed by atoms with Gasteiger partial charge in [-0.15, -0.1) is 0 Å². The Morgan fingerprint density at radius 2 is 1.65 bits per heavy atom. The number of benzene rings is 1. The smallest absolute Gasteiger partial charge is 0.243 e. The number of fused-ring (bicyclic) bond motifs is 1. The quantitative estimate of drug-likeness (QED) is 0.213. The average Bonchev–Trinajstić information content (AvgIpc) is 3.55. The first-order valence-electron chi connectivity index (χ1n) is 14.6. The van der Waals surface area contributed by atoms with E-state index in [4.69, 9.17) is 21.9 Å². The van der Waals surface area contributed by atoms with Gasteiger partial charge in [-0.1, -0.05) is 38.1 Å². The van der Waals surface area contributed by atoms with E-state index < -0.39 is 24.0 Å². The molecule has 222 valence electrons. The van der Waals surface area contributed by atoms with Crippen molar-refractivity contribution in [3.63, 3.8) is 0 Å². The van der Waals surface area contributed by atoms with Crippen LogP contribution in [0.4, 0.5) is 0 Å². The molecular formula is C30H47N5O5. The molecule has 2 fully saturated rings. The second kappa shape index (κ2) is 14.6. The highest BCUT2D eigenvalue weighted by molar-refractivity contribution is 5.91. The van der Waals surface area contributed by atoms with E-state index in [0.717, 1.165) is 31.2 Å².